The van der Waals surface area contributed by atoms with Gasteiger partial charge in [0.2, 0.25) is 0 Å². The Bertz CT molecular complexity index is 885. The second-order valence-corrected chi connectivity index (χ2v) is 17.1. The van der Waals surface area contributed by atoms with Crippen molar-refractivity contribution in [3.05, 3.63) is 12.2 Å². The molecule has 0 N–H and O–H groups in total. The molecular weight excluding hydrogens is 709 g/mol. The molecule has 1 atom stereocenters. The van der Waals surface area contributed by atoms with E-state index in [1.54, 1.807) is 0 Å². The van der Waals surface area contributed by atoms with Crippen molar-refractivity contribution in [2.45, 2.75) is 284 Å². The lowest BCUT2D eigenvalue weighted by atomic mass is 10.0. The standard InChI is InChI=1S/C51H96O6/c1-4-7-10-13-16-19-22-25-28-31-34-37-40-43-49(52)55-46-48(57-51(54)45-42-39-36-33-30-27-24-21-18-15-12-9-6-3)47-56-50(53)44-41-38-35-32-29-26-23-20-17-14-11-8-5-2/h19,22,48H,4-18,20-21,23-47H2,1-3H3/b22-19-/t48-/m1/s1. The van der Waals surface area contributed by atoms with Crippen LogP contribution in [0, 0.1) is 0 Å². The van der Waals surface area contributed by atoms with Crippen LogP contribution in [0.3, 0.4) is 0 Å². The number of esters is 3. The summed E-state index contributed by atoms with van der Waals surface area (Å²) in [5.41, 5.74) is 0. The van der Waals surface area contributed by atoms with Gasteiger partial charge >= 0.3 is 17.9 Å². The minimum Gasteiger partial charge on any atom is -0.462 e. The van der Waals surface area contributed by atoms with Crippen LogP contribution in [-0.4, -0.2) is 37.2 Å². The van der Waals surface area contributed by atoms with Gasteiger partial charge in [0.05, 0.1) is 0 Å². The van der Waals surface area contributed by atoms with Crippen LogP contribution >= 0.6 is 0 Å². The van der Waals surface area contributed by atoms with E-state index in [4.69, 9.17) is 14.2 Å². The number of carbonyl (C=O) groups excluding carboxylic acids is 3. The summed E-state index contributed by atoms with van der Waals surface area (Å²) in [7, 11) is 0. The lowest BCUT2D eigenvalue weighted by molar-refractivity contribution is -0.167. The summed E-state index contributed by atoms with van der Waals surface area (Å²) in [6.45, 7) is 6.64. The molecule has 0 spiro atoms. The van der Waals surface area contributed by atoms with Gasteiger partial charge in [0.1, 0.15) is 13.2 Å². The second kappa shape index (κ2) is 46.8. The fourth-order valence-electron chi connectivity index (χ4n) is 7.44. The highest BCUT2D eigenvalue weighted by Crippen LogP contribution is 2.16. The molecule has 0 fully saturated rings. The third-order valence-corrected chi connectivity index (χ3v) is 11.3. The summed E-state index contributed by atoms with van der Waals surface area (Å²) in [4.78, 5) is 37.9. The maximum absolute atomic E-state index is 12.8. The molecule has 6 nitrogen and oxygen atoms in total. The average molecular weight is 805 g/mol. The predicted molar refractivity (Wildman–Crippen MR) is 243 cm³/mol. The van der Waals surface area contributed by atoms with Crippen molar-refractivity contribution < 1.29 is 28.6 Å². The van der Waals surface area contributed by atoms with Crippen LogP contribution in [0.2, 0.25) is 0 Å². The van der Waals surface area contributed by atoms with E-state index in [0.29, 0.717) is 19.3 Å². The molecule has 0 rings (SSSR count). The Balaban J connectivity index is 4.34. The molecule has 336 valence electrons. The average Bonchev–Trinajstić information content (AvgIpc) is 3.21. The number of carbonyl (C=O) groups is 3. The molecular formula is C51H96O6. The number of rotatable bonds is 46. The number of allylic oxidation sites excluding steroid dienone is 2. The molecule has 0 heterocycles. The van der Waals surface area contributed by atoms with Crippen LogP contribution in [0.15, 0.2) is 12.2 Å². The number of ether oxygens (including phenoxy) is 3. The van der Waals surface area contributed by atoms with E-state index in [-0.39, 0.29) is 31.1 Å². The van der Waals surface area contributed by atoms with Gasteiger partial charge in [-0.05, 0) is 44.9 Å². The largest absolute Gasteiger partial charge is 0.462 e. The second-order valence-electron chi connectivity index (χ2n) is 17.1. The molecule has 6 heteroatoms. The first kappa shape index (κ1) is 55.2. The van der Waals surface area contributed by atoms with Gasteiger partial charge in [0.25, 0.3) is 0 Å². The first-order chi connectivity index (χ1) is 28.0. The molecule has 0 amide bonds. The van der Waals surface area contributed by atoms with Gasteiger partial charge in [-0.25, -0.2) is 0 Å². The molecule has 57 heavy (non-hydrogen) atoms. The highest BCUT2D eigenvalue weighted by Gasteiger charge is 2.19. The van der Waals surface area contributed by atoms with Crippen molar-refractivity contribution in [3.8, 4) is 0 Å². The van der Waals surface area contributed by atoms with Crippen molar-refractivity contribution >= 4 is 17.9 Å². The Morgan fingerprint density at radius 3 is 0.895 bits per heavy atom. The molecule has 0 unspecified atom stereocenters. The van der Waals surface area contributed by atoms with Gasteiger partial charge in [-0.15, -0.1) is 0 Å². The maximum atomic E-state index is 12.8. The molecule has 0 aromatic carbocycles. The van der Waals surface area contributed by atoms with Crippen molar-refractivity contribution in [1.82, 2.24) is 0 Å². The van der Waals surface area contributed by atoms with Crippen LogP contribution < -0.4 is 0 Å². The molecule has 0 aliphatic heterocycles. The summed E-state index contributed by atoms with van der Waals surface area (Å²) >= 11 is 0. The van der Waals surface area contributed by atoms with Crippen molar-refractivity contribution in [1.29, 1.82) is 0 Å². The van der Waals surface area contributed by atoms with Crippen LogP contribution in [0.5, 0.6) is 0 Å². The lowest BCUT2D eigenvalue weighted by Gasteiger charge is -2.18. The molecule has 0 aromatic rings. The van der Waals surface area contributed by atoms with Gasteiger partial charge in [-0.2, -0.15) is 0 Å². The van der Waals surface area contributed by atoms with E-state index in [2.05, 4.69) is 32.9 Å². The minimum absolute atomic E-state index is 0.0674. The Morgan fingerprint density at radius 1 is 0.333 bits per heavy atom. The van der Waals surface area contributed by atoms with E-state index in [1.165, 1.54) is 173 Å². The van der Waals surface area contributed by atoms with E-state index >= 15 is 0 Å². The molecule has 0 bridgehead atoms. The topological polar surface area (TPSA) is 78.9 Å². The van der Waals surface area contributed by atoms with E-state index in [9.17, 15) is 14.4 Å². The maximum Gasteiger partial charge on any atom is 0.306 e. The molecule has 0 aliphatic carbocycles. The predicted octanol–water partition coefficient (Wildman–Crippen LogP) is 16.2. The fourth-order valence-corrected chi connectivity index (χ4v) is 7.44. The summed E-state index contributed by atoms with van der Waals surface area (Å²) in [5, 5.41) is 0. The molecule has 0 aliphatic rings. The molecule has 0 aromatic heterocycles. The third-order valence-electron chi connectivity index (χ3n) is 11.3. The Kier molecular flexibility index (Phi) is 45.3. The van der Waals surface area contributed by atoms with Crippen LogP contribution in [0.4, 0.5) is 0 Å². The molecule has 0 saturated carbocycles. The van der Waals surface area contributed by atoms with Crippen LogP contribution in [0.1, 0.15) is 278 Å². The highest BCUT2D eigenvalue weighted by atomic mass is 16.6. The van der Waals surface area contributed by atoms with E-state index < -0.39 is 6.10 Å². The van der Waals surface area contributed by atoms with Crippen LogP contribution in [0.25, 0.3) is 0 Å². The monoisotopic (exact) mass is 805 g/mol. The Morgan fingerprint density at radius 2 is 0.579 bits per heavy atom. The van der Waals surface area contributed by atoms with E-state index in [0.717, 1.165) is 64.2 Å². The van der Waals surface area contributed by atoms with Gasteiger partial charge in [0, 0.05) is 19.3 Å². The lowest BCUT2D eigenvalue weighted by Crippen LogP contribution is -2.30. The SMILES string of the molecule is CCCCCC/C=C\CCCCCCCC(=O)OC[C@H](COC(=O)CCCCCCCCCCCCCCC)OC(=O)CCCCCCCCCCCCCCC. The van der Waals surface area contributed by atoms with Crippen LogP contribution in [-0.2, 0) is 28.6 Å². The normalized spacial score (nSPS) is 12.0. The zero-order valence-corrected chi connectivity index (χ0v) is 38.4. The first-order valence-electron chi connectivity index (χ1n) is 25.2. The van der Waals surface area contributed by atoms with Crippen molar-refractivity contribution in [3.63, 3.8) is 0 Å². The molecule has 0 saturated heterocycles. The Hall–Kier alpha value is -1.85. The van der Waals surface area contributed by atoms with E-state index in [1.807, 2.05) is 0 Å². The van der Waals surface area contributed by atoms with Gasteiger partial charge in [0.15, 0.2) is 6.10 Å². The summed E-state index contributed by atoms with van der Waals surface area (Å²) in [6, 6.07) is 0. The number of hydrogen-bond acceptors (Lipinski definition) is 6. The summed E-state index contributed by atoms with van der Waals surface area (Å²) in [6.07, 6.45) is 50.4. The van der Waals surface area contributed by atoms with Crippen molar-refractivity contribution in [2.75, 3.05) is 13.2 Å². The third kappa shape index (κ3) is 45.1. The molecule has 0 radical (unpaired) electrons. The Labute approximate surface area is 354 Å². The first-order valence-corrected chi connectivity index (χ1v) is 25.2. The van der Waals surface area contributed by atoms with Gasteiger partial charge in [-0.3, -0.25) is 14.4 Å². The summed E-state index contributed by atoms with van der Waals surface area (Å²) in [5.74, 6) is -0.862. The summed E-state index contributed by atoms with van der Waals surface area (Å²) < 4.78 is 16.8. The van der Waals surface area contributed by atoms with Crippen molar-refractivity contribution in [2.24, 2.45) is 0 Å². The zero-order valence-electron chi connectivity index (χ0n) is 38.4. The zero-order chi connectivity index (χ0) is 41.5. The smallest absolute Gasteiger partial charge is 0.306 e. The van der Waals surface area contributed by atoms with Gasteiger partial charge < -0.3 is 14.2 Å². The fraction of sp³-hybridized carbons (Fsp3) is 0.902. The quantitative estimate of drug-likeness (QED) is 0.0264. The highest BCUT2D eigenvalue weighted by molar-refractivity contribution is 5.71. The minimum atomic E-state index is -0.765. The number of unbranched alkanes of at least 4 members (excludes halogenated alkanes) is 33. The number of hydrogen-bond donors (Lipinski definition) is 0. The van der Waals surface area contributed by atoms with Gasteiger partial charge in [-0.1, -0.05) is 226 Å².